The highest BCUT2D eigenvalue weighted by atomic mass is 19.3. The minimum atomic E-state index is -2.82. The lowest BCUT2D eigenvalue weighted by Gasteiger charge is -2.38. The molecule has 1 unspecified atom stereocenters. The van der Waals surface area contributed by atoms with Gasteiger partial charge < -0.3 is 9.57 Å². The molecule has 1 aliphatic heterocycles. The molecule has 1 aromatic rings. The van der Waals surface area contributed by atoms with E-state index in [0.717, 1.165) is 0 Å². The van der Waals surface area contributed by atoms with Crippen molar-refractivity contribution < 1.29 is 32.7 Å². The van der Waals surface area contributed by atoms with Gasteiger partial charge in [-0.05, 0) is 12.1 Å². The number of fused-ring (bicyclic) bond motifs is 1. The standard InChI is InChI=1S/C15H13F2NO5/c1-22-11(8-6-15(16,17)7-8)14(21)23-18-12(19)9-4-2-3-5-10(9)13(18)20/h2-5,8,11H,6-7H2,1H3. The SMILES string of the molecule is COC(C(=O)ON1C(=O)c2ccccc2C1=O)C1CC(F)(F)C1. The van der Waals surface area contributed by atoms with E-state index >= 15 is 0 Å². The predicted molar refractivity (Wildman–Crippen MR) is 71.5 cm³/mol. The van der Waals surface area contributed by atoms with Crippen molar-refractivity contribution in [2.45, 2.75) is 24.9 Å². The number of methoxy groups -OCH3 is 1. The van der Waals surface area contributed by atoms with Gasteiger partial charge in [-0.15, -0.1) is 0 Å². The van der Waals surface area contributed by atoms with Gasteiger partial charge in [0.2, 0.25) is 5.92 Å². The summed E-state index contributed by atoms with van der Waals surface area (Å²) in [6.07, 6.45) is -2.25. The number of nitrogens with zero attached hydrogens (tertiary/aromatic N) is 1. The van der Waals surface area contributed by atoms with Crippen molar-refractivity contribution in [1.82, 2.24) is 5.06 Å². The number of hydrogen-bond donors (Lipinski definition) is 0. The van der Waals surface area contributed by atoms with Gasteiger partial charge in [-0.3, -0.25) is 9.59 Å². The number of imide groups is 1. The molecular formula is C15H13F2NO5. The number of rotatable bonds is 4. The molecule has 0 saturated heterocycles. The minimum Gasteiger partial charge on any atom is -0.369 e. The smallest absolute Gasteiger partial charge is 0.361 e. The van der Waals surface area contributed by atoms with Crippen LogP contribution in [0.5, 0.6) is 0 Å². The van der Waals surface area contributed by atoms with Crippen molar-refractivity contribution in [3.8, 4) is 0 Å². The van der Waals surface area contributed by atoms with Crippen LogP contribution in [-0.2, 0) is 14.4 Å². The van der Waals surface area contributed by atoms with Gasteiger partial charge in [0, 0.05) is 25.9 Å². The Balaban J connectivity index is 1.71. The molecule has 0 bridgehead atoms. The maximum absolute atomic E-state index is 12.9. The molecule has 2 aliphatic rings. The largest absolute Gasteiger partial charge is 0.369 e. The number of amides is 2. The van der Waals surface area contributed by atoms with E-state index in [9.17, 15) is 23.2 Å². The van der Waals surface area contributed by atoms with E-state index < -0.39 is 48.6 Å². The van der Waals surface area contributed by atoms with Crippen LogP contribution in [-0.4, -0.2) is 42.0 Å². The average molecular weight is 325 g/mol. The normalized spacial score (nSPS) is 20.9. The number of hydrogen-bond acceptors (Lipinski definition) is 5. The van der Waals surface area contributed by atoms with Crippen LogP contribution >= 0.6 is 0 Å². The van der Waals surface area contributed by atoms with Crippen molar-refractivity contribution in [2.24, 2.45) is 5.92 Å². The molecule has 0 spiro atoms. The highest BCUT2D eigenvalue weighted by Gasteiger charge is 2.52. The third-order valence-corrected chi connectivity index (χ3v) is 3.97. The molecule has 23 heavy (non-hydrogen) atoms. The molecule has 0 N–H and O–H groups in total. The van der Waals surface area contributed by atoms with Crippen LogP contribution in [0, 0.1) is 5.92 Å². The van der Waals surface area contributed by atoms with E-state index in [1.807, 2.05) is 0 Å². The first-order valence-electron chi connectivity index (χ1n) is 6.94. The summed E-state index contributed by atoms with van der Waals surface area (Å²) >= 11 is 0. The molecule has 1 fully saturated rings. The Morgan fingerprint density at radius 3 is 2.17 bits per heavy atom. The summed E-state index contributed by atoms with van der Waals surface area (Å²) < 4.78 is 30.8. The van der Waals surface area contributed by atoms with Crippen molar-refractivity contribution in [1.29, 1.82) is 0 Å². The first-order valence-corrected chi connectivity index (χ1v) is 6.94. The summed E-state index contributed by atoms with van der Waals surface area (Å²) in [6.45, 7) is 0. The van der Waals surface area contributed by atoms with E-state index in [4.69, 9.17) is 9.57 Å². The third kappa shape index (κ3) is 2.59. The van der Waals surface area contributed by atoms with Crippen LogP contribution in [0.4, 0.5) is 8.78 Å². The molecule has 2 amide bonds. The molecule has 122 valence electrons. The van der Waals surface area contributed by atoms with Crippen LogP contribution < -0.4 is 0 Å². The summed E-state index contributed by atoms with van der Waals surface area (Å²) in [5, 5.41) is 0.343. The minimum absolute atomic E-state index is 0.120. The van der Waals surface area contributed by atoms with E-state index in [1.165, 1.54) is 19.2 Å². The van der Waals surface area contributed by atoms with E-state index in [2.05, 4.69) is 0 Å². The highest BCUT2D eigenvalue weighted by Crippen LogP contribution is 2.45. The fourth-order valence-electron chi connectivity index (χ4n) is 2.79. The van der Waals surface area contributed by atoms with Crippen molar-refractivity contribution >= 4 is 17.8 Å². The van der Waals surface area contributed by atoms with Gasteiger partial charge in [-0.25, -0.2) is 13.6 Å². The maximum Gasteiger partial charge on any atom is 0.361 e. The summed E-state index contributed by atoms with van der Waals surface area (Å²) in [7, 11) is 1.19. The maximum atomic E-state index is 12.9. The highest BCUT2D eigenvalue weighted by molar-refractivity contribution is 6.20. The summed E-state index contributed by atoms with van der Waals surface area (Å²) in [4.78, 5) is 41.1. The van der Waals surface area contributed by atoms with E-state index in [0.29, 0.717) is 5.06 Å². The number of hydroxylamine groups is 2. The molecule has 8 heteroatoms. The second-order valence-electron chi connectivity index (χ2n) is 5.54. The molecule has 3 rings (SSSR count). The zero-order chi connectivity index (χ0) is 16.8. The van der Waals surface area contributed by atoms with Gasteiger partial charge >= 0.3 is 5.97 Å². The van der Waals surface area contributed by atoms with Gasteiger partial charge in [0.15, 0.2) is 6.10 Å². The Morgan fingerprint density at radius 1 is 1.22 bits per heavy atom. The van der Waals surface area contributed by atoms with Crippen molar-refractivity contribution in [2.75, 3.05) is 7.11 Å². The predicted octanol–water partition coefficient (Wildman–Crippen LogP) is 1.80. The second kappa shape index (κ2) is 5.38. The Labute approximate surface area is 129 Å². The molecule has 1 heterocycles. The monoisotopic (exact) mass is 325 g/mol. The number of ether oxygens (including phenoxy) is 1. The molecule has 0 radical (unpaired) electrons. The fourth-order valence-corrected chi connectivity index (χ4v) is 2.79. The third-order valence-electron chi connectivity index (χ3n) is 3.97. The van der Waals surface area contributed by atoms with Gasteiger partial charge in [0.05, 0.1) is 11.1 Å². The lowest BCUT2D eigenvalue weighted by atomic mass is 9.77. The molecule has 1 aliphatic carbocycles. The Hall–Kier alpha value is -2.35. The van der Waals surface area contributed by atoms with Gasteiger partial charge in [-0.2, -0.15) is 0 Å². The van der Waals surface area contributed by atoms with Crippen LogP contribution in [0.3, 0.4) is 0 Å². The van der Waals surface area contributed by atoms with Crippen LogP contribution in [0.15, 0.2) is 24.3 Å². The van der Waals surface area contributed by atoms with Gasteiger partial charge in [0.1, 0.15) is 0 Å². The van der Waals surface area contributed by atoms with E-state index in [1.54, 1.807) is 12.1 Å². The fraction of sp³-hybridized carbons (Fsp3) is 0.400. The van der Waals surface area contributed by atoms with E-state index in [-0.39, 0.29) is 11.1 Å². The lowest BCUT2D eigenvalue weighted by Crippen LogP contribution is -2.48. The Morgan fingerprint density at radius 2 is 1.74 bits per heavy atom. The quantitative estimate of drug-likeness (QED) is 0.789. The topological polar surface area (TPSA) is 72.9 Å². The molecule has 1 atom stereocenters. The summed E-state index contributed by atoms with van der Waals surface area (Å²) in [5.74, 6) is -6.11. The van der Waals surface area contributed by atoms with Crippen LogP contribution in [0.2, 0.25) is 0 Å². The Kier molecular flexibility index (Phi) is 3.63. The molecule has 1 aromatic carbocycles. The Bertz CT molecular complexity index is 647. The summed E-state index contributed by atoms with van der Waals surface area (Å²) in [6, 6.07) is 6.01. The number of halogens is 2. The van der Waals surface area contributed by atoms with Gasteiger partial charge in [-0.1, -0.05) is 17.2 Å². The zero-order valence-corrected chi connectivity index (χ0v) is 12.1. The van der Waals surface area contributed by atoms with Gasteiger partial charge in [0.25, 0.3) is 11.8 Å². The van der Waals surface area contributed by atoms with Crippen molar-refractivity contribution in [3.05, 3.63) is 35.4 Å². The van der Waals surface area contributed by atoms with Crippen LogP contribution in [0.25, 0.3) is 0 Å². The number of carbonyl (C=O) groups is 3. The second-order valence-corrected chi connectivity index (χ2v) is 5.54. The first kappa shape index (κ1) is 15.5. The molecule has 0 aromatic heterocycles. The molecule has 1 saturated carbocycles. The number of carbonyl (C=O) groups excluding carboxylic acids is 3. The number of alkyl halides is 2. The molecular weight excluding hydrogens is 312 g/mol. The first-order chi connectivity index (χ1) is 10.8. The zero-order valence-electron chi connectivity index (χ0n) is 12.1. The lowest BCUT2D eigenvalue weighted by molar-refractivity contribution is -0.198. The van der Waals surface area contributed by atoms with Crippen LogP contribution in [0.1, 0.15) is 33.6 Å². The number of benzene rings is 1. The summed E-state index contributed by atoms with van der Waals surface area (Å²) in [5.41, 5.74) is 0.240. The van der Waals surface area contributed by atoms with Crippen molar-refractivity contribution in [3.63, 3.8) is 0 Å². The average Bonchev–Trinajstić information content (AvgIpc) is 2.72. The molecule has 6 nitrogen and oxygen atoms in total.